The maximum atomic E-state index is 13.1. The highest BCUT2D eigenvalue weighted by Crippen LogP contribution is 2.32. The van der Waals surface area contributed by atoms with Crippen LogP contribution >= 0.6 is 0 Å². The molecule has 1 amide bonds. The van der Waals surface area contributed by atoms with Crippen LogP contribution in [-0.4, -0.2) is 33.7 Å². The number of amides is 1. The number of nitrogens with zero attached hydrogens (tertiary/aromatic N) is 2. The third-order valence-electron chi connectivity index (χ3n) is 4.99. The van der Waals surface area contributed by atoms with Crippen molar-refractivity contribution in [2.24, 2.45) is 0 Å². The lowest BCUT2D eigenvalue weighted by molar-refractivity contribution is -0.117. The number of fused-ring (bicyclic) bond motifs is 3. The molecule has 5 heteroatoms. The van der Waals surface area contributed by atoms with Gasteiger partial charge >= 0.3 is 0 Å². The van der Waals surface area contributed by atoms with E-state index in [1.807, 2.05) is 54.8 Å². The summed E-state index contributed by atoms with van der Waals surface area (Å²) in [4.78, 5) is 26.6. The van der Waals surface area contributed by atoms with Gasteiger partial charge in [-0.25, -0.2) is 0 Å². The molecule has 0 bridgehead atoms. The fourth-order valence-electron chi connectivity index (χ4n) is 3.63. The molecule has 1 aliphatic heterocycles. The van der Waals surface area contributed by atoms with Gasteiger partial charge in [0.05, 0.1) is 12.1 Å². The molecule has 0 saturated carbocycles. The number of hydrogen-bond acceptors (Lipinski definition) is 3. The molecule has 25 heavy (non-hydrogen) atoms. The summed E-state index contributed by atoms with van der Waals surface area (Å²) in [7, 11) is 0. The van der Waals surface area contributed by atoms with Crippen LogP contribution in [0.25, 0.3) is 11.1 Å². The topological polar surface area (TPSA) is 55.5 Å². The first-order chi connectivity index (χ1) is 12.0. The second kappa shape index (κ2) is 5.62. The number of carbonyl (C=O) groups is 2. The van der Waals surface area contributed by atoms with Gasteiger partial charge < -0.3 is 18.7 Å². The molecule has 4 rings (SSSR count). The molecule has 0 radical (unpaired) electrons. The Hall–Kier alpha value is -2.82. The Bertz CT molecular complexity index is 954. The van der Waals surface area contributed by atoms with Gasteiger partial charge in [-0.1, -0.05) is 30.3 Å². The largest absolute Gasteiger partial charge is 0.460 e. The van der Waals surface area contributed by atoms with Crippen molar-refractivity contribution in [3.63, 3.8) is 0 Å². The number of aldehydes is 1. The summed E-state index contributed by atoms with van der Waals surface area (Å²) in [6, 6.07) is 13.7. The minimum Gasteiger partial charge on any atom is -0.460 e. The standard InChI is InChI=1S/C20H20N2O3/c1-14-10-16-18(25-14)11-17-19(24)22(20(2,13-23)12-21(16)17)9-8-15-6-4-3-5-7-15/h3-7,10-11,13H,8-9,12H2,1-2H3. The van der Waals surface area contributed by atoms with Crippen molar-refractivity contribution in [2.45, 2.75) is 32.4 Å². The van der Waals surface area contributed by atoms with E-state index in [4.69, 9.17) is 4.42 Å². The van der Waals surface area contributed by atoms with Gasteiger partial charge in [-0.2, -0.15) is 0 Å². The van der Waals surface area contributed by atoms with Crippen molar-refractivity contribution in [2.75, 3.05) is 6.54 Å². The number of hydrogen-bond donors (Lipinski definition) is 0. The number of rotatable bonds is 4. The van der Waals surface area contributed by atoms with E-state index in [-0.39, 0.29) is 5.91 Å². The molecule has 3 heterocycles. The molecular formula is C20H20N2O3. The Kier molecular flexibility index (Phi) is 3.53. The number of benzene rings is 1. The maximum absolute atomic E-state index is 13.1. The van der Waals surface area contributed by atoms with Gasteiger partial charge in [0.25, 0.3) is 5.91 Å². The van der Waals surface area contributed by atoms with Crippen LogP contribution in [0.1, 0.15) is 28.7 Å². The Morgan fingerprint density at radius 3 is 2.72 bits per heavy atom. The lowest BCUT2D eigenvalue weighted by Crippen LogP contribution is -2.58. The van der Waals surface area contributed by atoms with Crippen LogP contribution in [0.2, 0.25) is 0 Å². The van der Waals surface area contributed by atoms with Gasteiger partial charge in [0, 0.05) is 18.7 Å². The first kappa shape index (κ1) is 15.7. The Balaban J connectivity index is 1.70. The summed E-state index contributed by atoms with van der Waals surface area (Å²) < 4.78 is 7.56. The lowest BCUT2D eigenvalue weighted by atomic mass is 9.97. The van der Waals surface area contributed by atoms with Gasteiger partial charge in [-0.05, 0) is 25.8 Å². The molecule has 2 aromatic heterocycles. The first-order valence-electron chi connectivity index (χ1n) is 8.44. The quantitative estimate of drug-likeness (QED) is 0.688. The summed E-state index contributed by atoms with van der Waals surface area (Å²) in [6.07, 6.45) is 1.60. The van der Waals surface area contributed by atoms with E-state index in [2.05, 4.69) is 0 Å². The zero-order valence-corrected chi connectivity index (χ0v) is 14.4. The third kappa shape index (κ3) is 2.47. The zero-order chi connectivity index (χ0) is 17.6. The first-order valence-corrected chi connectivity index (χ1v) is 8.44. The van der Waals surface area contributed by atoms with Crippen LogP contribution in [-0.2, 0) is 17.8 Å². The highest BCUT2D eigenvalue weighted by atomic mass is 16.3. The molecule has 0 N–H and O–H groups in total. The predicted molar refractivity (Wildman–Crippen MR) is 94.6 cm³/mol. The Morgan fingerprint density at radius 2 is 2.00 bits per heavy atom. The third-order valence-corrected chi connectivity index (χ3v) is 4.99. The van der Waals surface area contributed by atoms with Crippen LogP contribution in [0.15, 0.2) is 46.9 Å². The minimum atomic E-state index is -0.865. The van der Waals surface area contributed by atoms with Crippen molar-refractivity contribution in [1.29, 1.82) is 0 Å². The smallest absolute Gasteiger partial charge is 0.271 e. The van der Waals surface area contributed by atoms with Crippen LogP contribution in [0.5, 0.6) is 0 Å². The SMILES string of the molecule is Cc1cc2c(cc3n2CC(C)(C=O)N(CCc2ccccc2)C3=O)o1. The minimum absolute atomic E-state index is 0.124. The van der Waals surface area contributed by atoms with Gasteiger partial charge in [0.2, 0.25) is 0 Å². The second-order valence-corrected chi connectivity index (χ2v) is 6.89. The molecule has 1 aromatic carbocycles. The monoisotopic (exact) mass is 336 g/mol. The van der Waals surface area contributed by atoms with Crippen molar-refractivity contribution in [1.82, 2.24) is 9.47 Å². The van der Waals surface area contributed by atoms with Crippen LogP contribution in [0, 0.1) is 6.92 Å². The highest BCUT2D eigenvalue weighted by Gasteiger charge is 2.42. The molecule has 5 nitrogen and oxygen atoms in total. The lowest BCUT2D eigenvalue weighted by Gasteiger charge is -2.41. The Morgan fingerprint density at radius 1 is 1.24 bits per heavy atom. The maximum Gasteiger partial charge on any atom is 0.271 e. The van der Waals surface area contributed by atoms with Crippen molar-refractivity contribution >= 4 is 23.3 Å². The highest BCUT2D eigenvalue weighted by molar-refractivity contribution is 6.00. The van der Waals surface area contributed by atoms with Gasteiger partial charge in [-0.3, -0.25) is 4.79 Å². The van der Waals surface area contributed by atoms with Crippen LogP contribution < -0.4 is 0 Å². The summed E-state index contributed by atoms with van der Waals surface area (Å²) in [5.41, 5.74) is 2.43. The molecule has 0 saturated heterocycles. The van der Waals surface area contributed by atoms with Gasteiger partial charge in [0.15, 0.2) is 5.58 Å². The number of furan rings is 1. The fourth-order valence-corrected chi connectivity index (χ4v) is 3.63. The Labute approximate surface area is 145 Å². The van der Waals surface area contributed by atoms with Gasteiger partial charge in [-0.15, -0.1) is 0 Å². The normalized spacial score (nSPS) is 20.1. The van der Waals surface area contributed by atoms with Crippen molar-refractivity contribution in [3.8, 4) is 0 Å². The number of aryl methyl sites for hydroxylation is 1. The molecule has 0 spiro atoms. The fraction of sp³-hybridized carbons (Fsp3) is 0.300. The predicted octanol–water partition coefficient (Wildman–Crippen LogP) is 3.20. The summed E-state index contributed by atoms with van der Waals surface area (Å²) in [5.74, 6) is 0.674. The molecule has 1 atom stereocenters. The molecule has 1 aliphatic rings. The molecule has 128 valence electrons. The zero-order valence-electron chi connectivity index (χ0n) is 14.4. The van der Waals surface area contributed by atoms with Gasteiger partial charge in [0.1, 0.15) is 23.3 Å². The summed E-state index contributed by atoms with van der Waals surface area (Å²) in [5, 5.41) is 0. The van der Waals surface area contributed by atoms with E-state index >= 15 is 0 Å². The molecule has 1 unspecified atom stereocenters. The molecule has 0 fully saturated rings. The molecular weight excluding hydrogens is 316 g/mol. The van der Waals surface area contributed by atoms with Crippen LogP contribution in [0.3, 0.4) is 0 Å². The summed E-state index contributed by atoms with van der Waals surface area (Å²) >= 11 is 0. The second-order valence-electron chi connectivity index (χ2n) is 6.89. The summed E-state index contributed by atoms with van der Waals surface area (Å²) in [6.45, 7) is 4.64. The number of aromatic nitrogens is 1. The molecule has 0 aliphatic carbocycles. The van der Waals surface area contributed by atoms with E-state index in [1.54, 1.807) is 11.0 Å². The van der Waals surface area contributed by atoms with E-state index in [1.165, 1.54) is 0 Å². The average molecular weight is 336 g/mol. The van der Waals surface area contributed by atoms with Crippen LogP contribution in [0.4, 0.5) is 0 Å². The van der Waals surface area contributed by atoms with E-state index in [0.29, 0.717) is 30.8 Å². The molecule has 3 aromatic rings. The van der Waals surface area contributed by atoms with E-state index in [9.17, 15) is 9.59 Å². The average Bonchev–Trinajstić information content (AvgIpc) is 3.12. The number of carbonyl (C=O) groups excluding carboxylic acids is 2. The van der Waals surface area contributed by atoms with E-state index in [0.717, 1.165) is 23.1 Å². The van der Waals surface area contributed by atoms with Crippen molar-refractivity contribution in [3.05, 3.63) is 59.5 Å². The van der Waals surface area contributed by atoms with Crippen molar-refractivity contribution < 1.29 is 14.0 Å². The van der Waals surface area contributed by atoms with E-state index < -0.39 is 5.54 Å².